The van der Waals surface area contributed by atoms with Gasteiger partial charge in [-0.3, -0.25) is 9.59 Å². The number of aryl methyl sites for hydroxylation is 1. The molecule has 20 heavy (non-hydrogen) atoms. The van der Waals surface area contributed by atoms with Crippen LogP contribution < -0.4 is 10.6 Å². The topological polar surface area (TPSA) is 78.4 Å². The summed E-state index contributed by atoms with van der Waals surface area (Å²) < 4.78 is 13.0. The SMILES string of the molecule is CCC(O)CCNC(=O)C(=O)Nc1cc(F)ccc1C. The van der Waals surface area contributed by atoms with Crippen LogP contribution in [0.3, 0.4) is 0 Å². The van der Waals surface area contributed by atoms with Crippen LogP contribution in [-0.4, -0.2) is 29.6 Å². The maximum atomic E-state index is 13.0. The molecule has 0 aliphatic carbocycles. The van der Waals surface area contributed by atoms with E-state index < -0.39 is 23.7 Å². The molecule has 0 heterocycles. The number of benzene rings is 1. The number of aliphatic hydroxyl groups excluding tert-OH is 1. The van der Waals surface area contributed by atoms with Crippen molar-refractivity contribution in [2.75, 3.05) is 11.9 Å². The van der Waals surface area contributed by atoms with Crippen LogP contribution in [0.5, 0.6) is 0 Å². The zero-order valence-corrected chi connectivity index (χ0v) is 11.6. The molecule has 1 atom stereocenters. The predicted octanol–water partition coefficient (Wildman–Crippen LogP) is 1.35. The molecule has 3 N–H and O–H groups in total. The molecule has 0 saturated heterocycles. The molecule has 0 aliphatic heterocycles. The second-order valence-corrected chi connectivity index (χ2v) is 4.52. The summed E-state index contributed by atoms with van der Waals surface area (Å²) in [4.78, 5) is 23.1. The summed E-state index contributed by atoms with van der Waals surface area (Å²) in [6, 6.07) is 3.94. The van der Waals surface area contributed by atoms with E-state index >= 15 is 0 Å². The molecule has 110 valence electrons. The highest BCUT2D eigenvalue weighted by Crippen LogP contribution is 2.15. The van der Waals surface area contributed by atoms with Gasteiger partial charge in [-0.2, -0.15) is 0 Å². The third-order valence-electron chi connectivity index (χ3n) is 2.89. The van der Waals surface area contributed by atoms with Crippen molar-refractivity contribution in [3.8, 4) is 0 Å². The number of amides is 2. The van der Waals surface area contributed by atoms with Crippen LogP contribution in [-0.2, 0) is 9.59 Å². The summed E-state index contributed by atoms with van der Waals surface area (Å²) in [6.07, 6.45) is 0.475. The number of hydrogen-bond donors (Lipinski definition) is 3. The third-order valence-corrected chi connectivity index (χ3v) is 2.89. The summed E-state index contributed by atoms with van der Waals surface area (Å²) in [6.45, 7) is 3.74. The maximum Gasteiger partial charge on any atom is 0.313 e. The van der Waals surface area contributed by atoms with Crippen molar-refractivity contribution in [2.45, 2.75) is 32.8 Å². The molecular weight excluding hydrogens is 263 g/mol. The molecule has 0 aliphatic rings. The van der Waals surface area contributed by atoms with E-state index in [0.717, 1.165) is 6.07 Å². The number of aliphatic hydroxyl groups is 1. The van der Waals surface area contributed by atoms with Crippen LogP contribution in [0.25, 0.3) is 0 Å². The van der Waals surface area contributed by atoms with E-state index in [1.54, 1.807) is 6.92 Å². The summed E-state index contributed by atoms with van der Waals surface area (Å²) in [7, 11) is 0. The number of carbonyl (C=O) groups is 2. The highest BCUT2D eigenvalue weighted by Gasteiger charge is 2.15. The number of anilines is 1. The van der Waals surface area contributed by atoms with E-state index in [2.05, 4.69) is 10.6 Å². The molecular formula is C14H19FN2O3. The maximum absolute atomic E-state index is 13.0. The van der Waals surface area contributed by atoms with Crippen LogP contribution in [0.1, 0.15) is 25.3 Å². The van der Waals surface area contributed by atoms with Gasteiger partial charge in [-0.15, -0.1) is 0 Å². The zero-order chi connectivity index (χ0) is 15.1. The van der Waals surface area contributed by atoms with Crippen LogP contribution in [0, 0.1) is 12.7 Å². The first-order chi connectivity index (χ1) is 9.43. The van der Waals surface area contributed by atoms with Crippen LogP contribution in [0.4, 0.5) is 10.1 Å². The Morgan fingerprint density at radius 1 is 1.35 bits per heavy atom. The first-order valence-corrected chi connectivity index (χ1v) is 6.47. The first kappa shape index (κ1) is 16.1. The van der Waals surface area contributed by atoms with E-state index in [1.807, 2.05) is 6.92 Å². The lowest BCUT2D eigenvalue weighted by atomic mass is 10.2. The molecule has 1 unspecified atom stereocenters. The van der Waals surface area contributed by atoms with E-state index in [9.17, 15) is 19.1 Å². The Kier molecular flexibility index (Phi) is 6.11. The van der Waals surface area contributed by atoms with Crippen molar-refractivity contribution >= 4 is 17.5 Å². The molecule has 0 fully saturated rings. The fraction of sp³-hybridized carbons (Fsp3) is 0.429. The number of rotatable bonds is 5. The molecule has 1 rings (SSSR count). The van der Waals surface area contributed by atoms with Gasteiger partial charge in [-0.05, 0) is 37.5 Å². The highest BCUT2D eigenvalue weighted by molar-refractivity contribution is 6.39. The first-order valence-electron chi connectivity index (χ1n) is 6.47. The Hall–Kier alpha value is -1.95. The van der Waals surface area contributed by atoms with Crippen LogP contribution in [0.2, 0.25) is 0 Å². The van der Waals surface area contributed by atoms with Crippen molar-refractivity contribution in [3.05, 3.63) is 29.6 Å². The van der Waals surface area contributed by atoms with E-state index in [1.165, 1.54) is 12.1 Å². The molecule has 0 bridgehead atoms. The summed E-state index contributed by atoms with van der Waals surface area (Å²) in [5.41, 5.74) is 0.924. The van der Waals surface area contributed by atoms with Crippen LogP contribution in [0.15, 0.2) is 18.2 Å². The standard InChI is InChI=1S/C14H19FN2O3/c1-3-11(18)6-7-16-13(19)14(20)17-12-8-10(15)5-4-9(12)2/h4-5,8,11,18H,3,6-7H2,1-2H3,(H,16,19)(H,17,20). The van der Waals surface area contributed by atoms with E-state index in [0.29, 0.717) is 18.4 Å². The van der Waals surface area contributed by atoms with Gasteiger partial charge < -0.3 is 15.7 Å². The number of nitrogens with one attached hydrogen (secondary N) is 2. The van der Waals surface area contributed by atoms with Gasteiger partial charge >= 0.3 is 11.8 Å². The average Bonchev–Trinajstić information content (AvgIpc) is 2.42. The molecule has 1 aromatic carbocycles. The summed E-state index contributed by atoms with van der Waals surface area (Å²) in [5, 5.41) is 14.1. The Balaban J connectivity index is 2.49. The predicted molar refractivity (Wildman–Crippen MR) is 73.7 cm³/mol. The normalized spacial score (nSPS) is 11.8. The monoisotopic (exact) mass is 282 g/mol. The summed E-state index contributed by atoms with van der Waals surface area (Å²) >= 11 is 0. The molecule has 1 aromatic rings. The number of carbonyl (C=O) groups excluding carboxylic acids is 2. The van der Waals surface area contributed by atoms with Gasteiger partial charge in [0.2, 0.25) is 0 Å². The minimum Gasteiger partial charge on any atom is -0.393 e. The molecule has 5 nitrogen and oxygen atoms in total. The Morgan fingerprint density at radius 2 is 2.05 bits per heavy atom. The second-order valence-electron chi connectivity index (χ2n) is 4.52. The lowest BCUT2D eigenvalue weighted by molar-refractivity contribution is -0.136. The summed E-state index contributed by atoms with van der Waals surface area (Å²) in [5.74, 6) is -2.15. The van der Waals surface area contributed by atoms with Crippen molar-refractivity contribution in [3.63, 3.8) is 0 Å². The second kappa shape index (κ2) is 7.59. The van der Waals surface area contributed by atoms with Crippen molar-refractivity contribution in [2.24, 2.45) is 0 Å². The van der Waals surface area contributed by atoms with Gasteiger partial charge in [0.1, 0.15) is 5.82 Å². The van der Waals surface area contributed by atoms with Crippen molar-refractivity contribution in [1.82, 2.24) is 5.32 Å². The fourth-order valence-electron chi connectivity index (χ4n) is 1.54. The Morgan fingerprint density at radius 3 is 2.70 bits per heavy atom. The molecule has 0 spiro atoms. The fourth-order valence-corrected chi connectivity index (χ4v) is 1.54. The van der Waals surface area contributed by atoms with Crippen molar-refractivity contribution in [1.29, 1.82) is 0 Å². The lowest BCUT2D eigenvalue weighted by Crippen LogP contribution is -2.37. The van der Waals surface area contributed by atoms with Crippen molar-refractivity contribution < 1.29 is 19.1 Å². The van der Waals surface area contributed by atoms with Gasteiger partial charge in [0.25, 0.3) is 0 Å². The minimum atomic E-state index is -0.857. The molecule has 2 amide bonds. The molecule has 0 aromatic heterocycles. The molecule has 6 heteroatoms. The minimum absolute atomic E-state index is 0.212. The lowest BCUT2D eigenvalue weighted by Gasteiger charge is -2.10. The van der Waals surface area contributed by atoms with Gasteiger partial charge in [0, 0.05) is 12.2 Å². The molecule has 0 radical (unpaired) electrons. The number of hydrogen-bond acceptors (Lipinski definition) is 3. The largest absolute Gasteiger partial charge is 0.393 e. The zero-order valence-electron chi connectivity index (χ0n) is 11.6. The van der Waals surface area contributed by atoms with Crippen LogP contribution >= 0.6 is 0 Å². The average molecular weight is 282 g/mol. The Labute approximate surface area is 117 Å². The third kappa shape index (κ3) is 4.97. The molecule has 0 saturated carbocycles. The van der Waals surface area contributed by atoms with Gasteiger partial charge in [0.05, 0.1) is 6.10 Å². The van der Waals surface area contributed by atoms with E-state index in [4.69, 9.17) is 0 Å². The van der Waals surface area contributed by atoms with Gasteiger partial charge in [0.15, 0.2) is 0 Å². The smallest absolute Gasteiger partial charge is 0.313 e. The highest BCUT2D eigenvalue weighted by atomic mass is 19.1. The van der Waals surface area contributed by atoms with Gasteiger partial charge in [-0.1, -0.05) is 13.0 Å². The van der Waals surface area contributed by atoms with E-state index in [-0.39, 0.29) is 12.2 Å². The Bertz CT molecular complexity index is 491. The quantitative estimate of drug-likeness (QED) is 0.713. The number of halogens is 1. The van der Waals surface area contributed by atoms with Gasteiger partial charge in [-0.25, -0.2) is 4.39 Å².